The average Bonchev–Trinajstić information content (AvgIpc) is 1.80. The standard InChI is InChI=1S/C7H10O2/c1-5-2-3-6(8)4-7(5)9/h7,9H,1-4H2/t7-/m1/s1. The number of Topliss-reactive ketones (excluding diaryl/α,β-unsaturated/α-hetero) is 1. The van der Waals surface area contributed by atoms with Gasteiger partial charge in [0, 0.05) is 12.8 Å². The third kappa shape index (κ3) is 1.39. The van der Waals surface area contributed by atoms with Crippen LogP contribution in [0.15, 0.2) is 12.2 Å². The molecule has 0 aromatic heterocycles. The summed E-state index contributed by atoms with van der Waals surface area (Å²) in [5.41, 5.74) is 0.801. The van der Waals surface area contributed by atoms with E-state index < -0.39 is 6.10 Å². The SMILES string of the molecule is C=C1CCC(=O)C[C@H]1O. The van der Waals surface area contributed by atoms with Gasteiger partial charge in [-0.15, -0.1) is 0 Å². The summed E-state index contributed by atoms with van der Waals surface area (Å²) in [5, 5.41) is 9.03. The van der Waals surface area contributed by atoms with Crippen LogP contribution >= 0.6 is 0 Å². The van der Waals surface area contributed by atoms with Gasteiger partial charge >= 0.3 is 0 Å². The predicted octanol–water partition coefficient (Wildman–Crippen LogP) is 0.657. The van der Waals surface area contributed by atoms with Crippen LogP contribution in [-0.2, 0) is 4.79 Å². The molecule has 1 atom stereocenters. The molecule has 0 unspecified atom stereocenters. The van der Waals surface area contributed by atoms with E-state index in [0.29, 0.717) is 12.8 Å². The molecule has 0 heterocycles. The predicted molar refractivity (Wildman–Crippen MR) is 34.0 cm³/mol. The Morgan fingerprint density at radius 2 is 2.22 bits per heavy atom. The lowest BCUT2D eigenvalue weighted by Gasteiger charge is -2.17. The van der Waals surface area contributed by atoms with E-state index in [9.17, 15) is 4.79 Å². The molecule has 1 aliphatic rings. The van der Waals surface area contributed by atoms with Gasteiger partial charge in [-0.25, -0.2) is 0 Å². The Balaban J connectivity index is 2.54. The van der Waals surface area contributed by atoms with Gasteiger partial charge < -0.3 is 5.11 Å². The molecule has 1 saturated carbocycles. The molecule has 0 radical (unpaired) electrons. The smallest absolute Gasteiger partial charge is 0.136 e. The number of hydrogen-bond donors (Lipinski definition) is 1. The van der Waals surface area contributed by atoms with E-state index in [2.05, 4.69) is 6.58 Å². The molecular weight excluding hydrogens is 116 g/mol. The number of aliphatic hydroxyl groups excluding tert-OH is 1. The van der Waals surface area contributed by atoms with Crippen molar-refractivity contribution in [2.75, 3.05) is 0 Å². The molecule has 0 aromatic carbocycles. The van der Waals surface area contributed by atoms with Gasteiger partial charge in [-0.3, -0.25) is 4.79 Å². The van der Waals surface area contributed by atoms with Crippen LogP contribution in [0, 0.1) is 0 Å². The van der Waals surface area contributed by atoms with Crippen molar-refractivity contribution in [3.8, 4) is 0 Å². The van der Waals surface area contributed by atoms with E-state index in [1.807, 2.05) is 0 Å². The Hall–Kier alpha value is -0.630. The molecule has 0 spiro atoms. The molecule has 0 aliphatic heterocycles. The summed E-state index contributed by atoms with van der Waals surface area (Å²) in [5.74, 6) is 0.148. The summed E-state index contributed by atoms with van der Waals surface area (Å²) in [7, 11) is 0. The van der Waals surface area contributed by atoms with Gasteiger partial charge in [-0.05, 0) is 12.0 Å². The van der Waals surface area contributed by atoms with E-state index >= 15 is 0 Å². The van der Waals surface area contributed by atoms with Crippen molar-refractivity contribution in [3.05, 3.63) is 12.2 Å². The van der Waals surface area contributed by atoms with Crippen molar-refractivity contribution in [2.45, 2.75) is 25.4 Å². The Bertz CT molecular complexity index is 149. The summed E-state index contributed by atoms with van der Waals surface area (Å²) in [6, 6.07) is 0. The highest BCUT2D eigenvalue weighted by molar-refractivity contribution is 5.80. The molecule has 2 heteroatoms. The van der Waals surface area contributed by atoms with Crippen LogP contribution in [0.5, 0.6) is 0 Å². The molecule has 0 aromatic rings. The third-order valence-corrected chi connectivity index (χ3v) is 1.62. The molecule has 1 rings (SSSR count). The van der Waals surface area contributed by atoms with Crippen LogP contribution in [0.4, 0.5) is 0 Å². The first-order valence-electron chi connectivity index (χ1n) is 3.07. The molecule has 0 amide bonds. The summed E-state index contributed by atoms with van der Waals surface area (Å²) < 4.78 is 0. The molecule has 50 valence electrons. The number of aliphatic hydroxyl groups is 1. The van der Waals surface area contributed by atoms with Crippen molar-refractivity contribution in [3.63, 3.8) is 0 Å². The molecular formula is C7H10O2. The summed E-state index contributed by atoms with van der Waals surface area (Å²) in [4.78, 5) is 10.6. The first kappa shape index (κ1) is 6.49. The lowest BCUT2D eigenvalue weighted by Crippen LogP contribution is -2.21. The maximum absolute atomic E-state index is 10.6. The minimum atomic E-state index is -0.564. The highest BCUT2D eigenvalue weighted by Gasteiger charge is 2.19. The Kier molecular flexibility index (Phi) is 1.67. The molecule has 9 heavy (non-hydrogen) atoms. The van der Waals surface area contributed by atoms with E-state index in [-0.39, 0.29) is 12.2 Å². The van der Waals surface area contributed by atoms with Gasteiger partial charge in [0.05, 0.1) is 6.10 Å². The number of carbonyl (C=O) groups is 1. The van der Waals surface area contributed by atoms with Crippen molar-refractivity contribution in [2.24, 2.45) is 0 Å². The van der Waals surface area contributed by atoms with Gasteiger partial charge in [-0.2, -0.15) is 0 Å². The summed E-state index contributed by atoms with van der Waals surface area (Å²) in [6.07, 6.45) is 0.945. The Labute approximate surface area is 54.2 Å². The lowest BCUT2D eigenvalue weighted by molar-refractivity contribution is -0.121. The minimum absolute atomic E-state index is 0.148. The van der Waals surface area contributed by atoms with Crippen LogP contribution in [0.2, 0.25) is 0 Å². The molecule has 0 bridgehead atoms. The molecule has 2 nitrogen and oxygen atoms in total. The number of hydrogen-bond acceptors (Lipinski definition) is 2. The first-order chi connectivity index (χ1) is 4.20. The monoisotopic (exact) mass is 126 g/mol. The van der Waals surface area contributed by atoms with Gasteiger partial charge in [0.2, 0.25) is 0 Å². The van der Waals surface area contributed by atoms with Crippen LogP contribution < -0.4 is 0 Å². The average molecular weight is 126 g/mol. The van der Waals surface area contributed by atoms with Crippen LogP contribution in [0.25, 0.3) is 0 Å². The number of ketones is 1. The third-order valence-electron chi connectivity index (χ3n) is 1.62. The molecule has 0 saturated heterocycles. The zero-order valence-electron chi connectivity index (χ0n) is 5.26. The van der Waals surface area contributed by atoms with Crippen molar-refractivity contribution in [1.82, 2.24) is 0 Å². The number of rotatable bonds is 0. The Morgan fingerprint density at radius 3 is 2.67 bits per heavy atom. The molecule has 1 N–H and O–H groups in total. The fourth-order valence-corrected chi connectivity index (χ4v) is 0.929. The highest BCUT2D eigenvalue weighted by atomic mass is 16.3. The quantitative estimate of drug-likeness (QED) is 0.484. The minimum Gasteiger partial charge on any atom is -0.388 e. The summed E-state index contributed by atoms with van der Waals surface area (Å²) in [6.45, 7) is 3.63. The fourth-order valence-electron chi connectivity index (χ4n) is 0.929. The van der Waals surface area contributed by atoms with Crippen molar-refractivity contribution >= 4 is 5.78 Å². The normalized spacial score (nSPS) is 28.8. The lowest BCUT2D eigenvalue weighted by atomic mass is 9.93. The van der Waals surface area contributed by atoms with Crippen molar-refractivity contribution < 1.29 is 9.90 Å². The van der Waals surface area contributed by atoms with Crippen LogP contribution in [-0.4, -0.2) is 17.0 Å². The zero-order chi connectivity index (χ0) is 6.85. The van der Waals surface area contributed by atoms with Crippen LogP contribution in [0.3, 0.4) is 0 Å². The number of carbonyl (C=O) groups excluding carboxylic acids is 1. The highest BCUT2D eigenvalue weighted by Crippen LogP contribution is 2.18. The van der Waals surface area contributed by atoms with E-state index in [1.165, 1.54) is 0 Å². The fraction of sp³-hybridized carbons (Fsp3) is 0.571. The second-order valence-corrected chi connectivity index (χ2v) is 2.42. The summed E-state index contributed by atoms with van der Waals surface area (Å²) >= 11 is 0. The largest absolute Gasteiger partial charge is 0.388 e. The van der Waals surface area contributed by atoms with Gasteiger partial charge in [0.15, 0.2) is 0 Å². The first-order valence-corrected chi connectivity index (χ1v) is 3.07. The maximum Gasteiger partial charge on any atom is 0.136 e. The molecule has 1 fully saturated rings. The van der Waals surface area contributed by atoms with Crippen molar-refractivity contribution in [1.29, 1.82) is 0 Å². The molecule has 1 aliphatic carbocycles. The van der Waals surface area contributed by atoms with Gasteiger partial charge in [0.25, 0.3) is 0 Å². The van der Waals surface area contributed by atoms with Gasteiger partial charge in [0.1, 0.15) is 5.78 Å². The van der Waals surface area contributed by atoms with E-state index in [1.54, 1.807) is 0 Å². The zero-order valence-corrected chi connectivity index (χ0v) is 5.26. The van der Waals surface area contributed by atoms with E-state index in [0.717, 1.165) is 5.57 Å². The second kappa shape index (κ2) is 2.31. The van der Waals surface area contributed by atoms with E-state index in [4.69, 9.17) is 5.11 Å². The van der Waals surface area contributed by atoms with Crippen LogP contribution in [0.1, 0.15) is 19.3 Å². The maximum atomic E-state index is 10.6. The topological polar surface area (TPSA) is 37.3 Å². The van der Waals surface area contributed by atoms with Gasteiger partial charge in [-0.1, -0.05) is 6.58 Å². The second-order valence-electron chi connectivity index (χ2n) is 2.42. The Morgan fingerprint density at radius 1 is 1.56 bits per heavy atom.